The topological polar surface area (TPSA) is 69.6 Å². The fourth-order valence-corrected chi connectivity index (χ4v) is 2.45. The predicted molar refractivity (Wildman–Crippen MR) is 81.9 cm³/mol. The lowest BCUT2D eigenvalue weighted by Gasteiger charge is -2.31. The van der Waals surface area contributed by atoms with Gasteiger partial charge in [-0.15, -0.1) is 0 Å². The van der Waals surface area contributed by atoms with Gasteiger partial charge in [-0.2, -0.15) is 4.98 Å². The molecule has 1 radical (unpaired) electrons. The van der Waals surface area contributed by atoms with Gasteiger partial charge in [0, 0.05) is 38.7 Å². The van der Waals surface area contributed by atoms with Crippen molar-refractivity contribution in [3.05, 3.63) is 23.6 Å². The molecule has 1 atom stereocenters. The minimum Gasteiger partial charge on any atom is -0.473 e. The first-order valence-electron chi connectivity index (χ1n) is 6.88. The normalized spacial score (nSPS) is 19.3. The minimum absolute atomic E-state index is 0.0762. The van der Waals surface area contributed by atoms with Crippen molar-refractivity contribution >= 4 is 30.3 Å². The number of rotatable bonds is 5. The SMILES string of the molecule is CO[B]N1CCO[C@H](COc2nc(Cl)cc3nccnc23)C1. The van der Waals surface area contributed by atoms with Crippen molar-refractivity contribution in [1.82, 2.24) is 19.8 Å². The second-order valence-corrected chi connectivity index (χ2v) is 5.20. The zero-order chi connectivity index (χ0) is 15.4. The van der Waals surface area contributed by atoms with Gasteiger partial charge < -0.3 is 18.9 Å². The van der Waals surface area contributed by atoms with Crippen LogP contribution >= 0.6 is 11.6 Å². The van der Waals surface area contributed by atoms with Crippen molar-refractivity contribution in [2.24, 2.45) is 0 Å². The van der Waals surface area contributed by atoms with E-state index in [1.807, 2.05) is 4.81 Å². The summed E-state index contributed by atoms with van der Waals surface area (Å²) in [5.41, 5.74) is 1.24. The van der Waals surface area contributed by atoms with Crippen LogP contribution in [0.25, 0.3) is 11.0 Å². The smallest absolute Gasteiger partial charge is 0.398 e. The van der Waals surface area contributed by atoms with Crippen LogP contribution in [0.2, 0.25) is 5.15 Å². The summed E-state index contributed by atoms with van der Waals surface area (Å²) in [6, 6.07) is 1.66. The summed E-state index contributed by atoms with van der Waals surface area (Å²) in [5.74, 6) is 0.368. The zero-order valence-corrected chi connectivity index (χ0v) is 12.9. The van der Waals surface area contributed by atoms with Gasteiger partial charge in [-0.25, -0.2) is 4.98 Å². The van der Waals surface area contributed by atoms with E-state index in [4.69, 9.17) is 25.7 Å². The Balaban J connectivity index is 1.68. The summed E-state index contributed by atoms with van der Waals surface area (Å²) >= 11 is 5.99. The van der Waals surface area contributed by atoms with E-state index < -0.39 is 0 Å². The number of nitrogens with zero attached hydrogens (tertiary/aromatic N) is 4. The molecule has 3 heterocycles. The van der Waals surface area contributed by atoms with Gasteiger partial charge in [0.25, 0.3) is 0 Å². The van der Waals surface area contributed by atoms with E-state index in [0.717, 1.165) is 6.54 Å². The molecule has 1 aliphatic rings. The Morgan fingerprint density at radius 2 is 2.32 bits per heavy atom. The van der Waals surface area contributed by atoms with Gasteiger partial charge >= 0.3 is 7.62 Å². The molecule has 0 aromatic carbocycles. The number of hydrogen-bond acceptors (Lipinski definition) is 7. The molecule has 9 heteroatoms. The van der Waals surface area contributed by atoms with Gasteiger partial charge in [0.1, 0.15) is 17.9 Å². The number of halogens is 1. The predicted octanol–water partition coefficient (Wildman–Crippen LogP) is 0.938. The Hall–Kier alpha value is -1.48. The Morgan fingerprint density at radius 1 is 1.45 bits per heavy atom. The number of ether oxygens (including phenoxy) is 2. The Labute approximate surface area is 133 Å². The molecule has 0 aliphatic carbocycles. The Bertz CT molecular complexity index is 646. The third-order valence-corrected chi connectivity index (χ3v) is 3.42. The fourth-order valence-electron chi connectivity index (χ4n) is 2.27. The highest BCUT2D eigenvalue weighted by Crippen LogP contribution is 2.23. The van der Waals surface area contributed by atoms with Crippen LogP contribution in [0, 0.1) is 0 Å². The fraction of sp³-hybridized carbons (Fsp3) is 0.462. The molecule has 0 saturated carbocycles. The van der Waals surface area contributed by atoms with Crippen molar-refractivity contribution in [2.75, 3.05) is 33.4 Å². The number of aromatic nitrogens is 3. The monoisotopic (exact) mass is 321 g/mol. The Kier molecular flexibility index (Phi) is 5.04. The van der Waals surface area contributed by atoms with E-state index in [2.05, 4.69) is 15.0 Å². The molecule has 1 saturated heterocycles. The van der Waals surface area contributed by atoms with Gasteiger partial charge in [0.2, 0.25) is 5.88 Å². The molecule has 2 aromatic heterocycles. The molecular formula is C13H15BClN4O3. The highest BCUT2D eigenvalue weighted by Gasteiger charge is 2.22. The summed E-state index contributed by atoms with van der Waals surface area (Å²) in [5, 5.41) is 0.321. The first-order chi connectivity index (χ1) is 10.8. The maximum atomic E-state index is 5.99. The van der Waals surface area contributed by atoms with Gasteiger partial charge in [0.15, 0.2) is 5.52 Å². The average molecular weight is 322 g/mol. The molecule has 1 aliphatic heterocycles. The van der Waals surface area contributed by atoms with Gasteiger partial charge in [-0.1, -0.05) is 11.6 Å². The van der Waals surface area contributed by atoms with Crippen LogP contribution in [-0.4, -0.2) is 66.9 Å². The van der Waals surface area contributed by atoms with Crippen molar-refractivity contribution < 1.29 is 14.1 Å². The average Bonchev–Trinajstić information content (AvgIpc) is 2.53. The lowest BCUT2D eigenvalue weighted by Crippen LogP contribution is -2.47. The molecule has 0 spiro atoms. The van der Waals surface area contributed by atoms with Gasteiger partial charge in [-0.3, -0.25) is 4.98 Å². The van der Waals surface area contributed by atoms with E-state index in [1.54, 1.807) is 33.2 Å². The standard InChI is InChI=1S/C13H15BClN4O3/c1-20-14-19-4-5-21-9(7-19)8-22-13-12-10(6-11(15)18-13)16-2-3-17-12/h2-3,6,9H,4-5,7-8H2,1H3/t9-/m0/s1. The number of fused-ring (bicyclic) bond motifs is 1. The molecule has 3 rings (SSSR count). The van der Waals surface area contributed by atoms with Crippen LogP contribution in [0.4, 0.5) is 0 Å². The lowest BCUT2D eigenvalue weighted by atomic mass is 10.1. The number of hydrogen-bond donors (Lipinski definition) is 0. The number of morpholine rings is 1. The first-order valence-corrected chi connectivity index (χ1v) is 7.26. The van der Waals surface area contributed by atoms with E-state index in [9.17, 15) is 0 Å². The first kappa shape index (κ1) is 15.4. The highest BCUT2D eigenvalue weighted by molar-refractivity contribution is 6.30. The molecule has 7 nitrogen and oxygen atoms in total. The van der Waals surface area contributed by atoms with Crippen LogP contribution in [0.15, 0.2) is 18.5 Å². The molecule has 0 amide bonds. The molecule has 2 aromatic rings. The molecule has 0 unspecified atom stereocenters. The van der Waals surface area contributed by atoms with Gasteiger partial charge in [0.05, 0.1) is 12.1 Å². The molecule has 22 heavy (non-hydrogen) atoms. The van der Waals surface area contributed by atoms with Crippen molar-refractivity contribution in [3.63, 3.8) is 0 Å². The summed E-state index contributed by atoms with van der Waals surface area (Å²) in [7, 11) is 3.32. The van der Waals surface area contributed by atoms with Crippen molar-refractivity contribution in [2.45, 2.75) is 6.10 Å². The summed E-state index contributed by atoms with van der Waals surface area (Å²) in [6.07, 6.45) is 3.12. The molecule has 0 N–H and O–H groups in total. The molecule has 115 valence electrons. The van der Waals surface area contributed by atoms with Crippen molar-refractivity contribution in [1.29, 1.82) is 0 Å². The Morgan fingerprint density at radius 3 is 3.18 bits per heavy atom. The maximum Gasteiger partial charge on any atom is 0.398 e. The molecular weight excluding hydrogens is 306 g/mol. The lowest BCUT2D eigenvalue weighted by molar-refractivity contribution is -0.0290. The third kappa shape index (κ3) is 3.64. The van der Waals surface area contributed by atoms with Crippen LogP contribution in [0.5, 0.6) is 5.88 Å². The zero-order valence-electron chi connectivity index (χ0n) is 12.1. The highest BCUT2D eigenvalue weighted by atomic mass is 35.5. The second kappa shape index (κ2) is 7.19. The third-order valence-electron chi connectivity index (χ3n) is 3.22. The summed E-state index contributed by atoms with van der Waals surface area (Å²) in [6.45, 7) is 2.47. The quantitative estimate of drug-likeness (QED) is 0.599. The number of pyridine rings is 1. The van der Waals surface area contributed by atoms with Crippen molar-refractivity contribution in [3.8, 4) is 5.88 Å². The van der Waals surface area contributed by atoms with E-state index in [1.165, 1.54) is 0 Å². The minimum atomic E-state index is -0.0762. The molecule has 0 bridgehead atoms. The summed E-state index contributed by atoms with van der Waals surface area (Å²) < 4.78 is 16.5. The van der Waals surface area contributed by atoms with E-state index in [-0.39, 0.29) is 6.10 Å². The van der Waals surface area contributed by atoms with Gasteiger partial charge in [-0.05, 0) is 0 Å². The largest absolute Gasteiger partial charge is 0.473 e. The summed E-state index contributed by atoms with van der Waals surface area (Å²) in [4.78, 5) is 14.7. The second-order valence-electron chi connectivity index (χ2n) is 4.81. The molecule has 1 fully saturated rings. The van der Waals surface area contributed by atoms with Crippen LogP contribution in [-0.2, 0) is 9.39 Å². The van der Waals surface area contributed by atoms with E-state index in [0.29, 0.717) is 41.8 Å². The maximum absolute atomic E-state index is 5.99. The van der Waals surface area contributed by atoms with E-state index >= 15 is 0 Å². The van der Waals surface area contributed by atoms with Crippen LogP contribution in [0.3, 0.4) is 0 Å². The van der Waals surface area contributed by atoms with Crippen LogP contribution in [0.1, 0.15) is 0 Å². The van der Waals surface area contributed by atoms with Crippen LogP contribution < -0.4 is 4.74 Å².